The smallest absolute Gasteiger partial charge is 0.335 e. The molecule has 1 saturated heterocycles. The second kappa shape index (κ2) is 6.46. The van der Waals surface area contributed by atoms with Crippen LogP contribution < -0.4 is 0 Å². The fourth-order valence-electron chi connectivity index (χ4n) is 1.95. The summed E-state index contributed by atoms with van der Waals surface area (Å²) in [5, 5.41) is 37.7. The number of aliphatic hydroxyl groups excluding tert-OH is 3. The van der Waals surface area contributed by atoms with Crippen LogP contribution in [0.1, 0.15) is 5.56 Å². The van der Waals surface area contributed by atoms with Crippen molar-refractivity contribution in [3.05, 3.63) is 35.6 Å². The van der Waals surface area contributed by atoms with Crippen molar-refractivity contribution in [2.24, 2.45) is 0 Å². The van der Waals surface area contributed by atoms with E-state index in [1.165, 1.54) is 24.3 Å². The fraction of sp³-hybridized carbons (Fsp3) is 0.462. The average molecular weight is 302 g/mol. The maximum Gasteiger partial charge on any atom is 0.335 e. The minimum atomic E-state index is -1.76. The maximum atomic E-state index is 12.7. The van der Waals surface area contributed by atoms with E-state index >= 15 is 0 Å². The first kappa shape index (κ1) is 15.8. The van der Waals surface area contributed by atoms with Gasteiger partial charge in [0.2, 0.25) is 0 Å². The fourth-order valence-corrected chi connectivity index (χ4v) is 1.95. The van der Waals surface area contributed by atoms with Crippen LogP contribution in [0.5, 0.6) is 0 Å². The third-order valence-corrected chi connectivity index (χ3v) is 3.14. The van der Waals surface area contributed by atoms with Crippen LogP contribution in [-0.2, 0) is 20.9 Å². The molecule has 0 aromatic heterocycles. The molecule has 0 aliphatic carbocycles. The van der Waals surface area contributed by atoms with Crippen LogP contribution >= 0.6 is 0 Å². The van der Waals surface area contributed by atoms with Gasteiger partial charge in [-0.15, -0.1) is 0 Å². The van der Waals surface area contributed by atoms with Gasteiger partial charge >= 0.3 is 5.97 Å². The van der Waals surface area contributed by atoms with Crippen molar-refractivity contribution in [2.75, 3.05) is 0 Å². The van der Waals surface area contributed by atoms with Gasteiger partial charge < -0.3 is 29.9 Å². The van der Waals surface area contributed by atoms with Gasteiger partial charge in [0.1, 0.15) is 24.1 Å². The molecule has 1 aromatic carbocycles. The van der Waals surface area contributed by atoms with Gasteiger partial charge in [-0.05, 0) is 17.7 Å². The first-order valence-electron chi connectivity index (χ1n) is 6.18. The van der Waals surface area contributed by atoms with Gasteiger partial charge in [-0.1, -0.05) is 12.1 Å². The number of aliphatic hydroxyl groups is 3. The van der Waals surface area contributed by atoms with Crippen molar-refractivity contribution in [1.82, 2.24) is 0 Å². The van der Waals surface area contributed by atoms with Crippen LogP contribution in [0.3, 0.4) is 0 Å². The van der Waals surface area contributed by atoms with Gasteiger partial charge in [-0.25, -0.2) is 9.18 Å². The summed E-state index contributed by atoms with van der Waals surface area (Å²) in [4.78, 5) is 10.9. The predicted octanol–water partition coefficient (Wildman–Crippen LogP) is -0.766. The van der Waals surface area contributed by atoms with Crippen molar-refractivity contribution >= 4 is 5.97 Å². The molecule has 5 atom stereocenters. The highest BCUT2D eigenvalue weighted by Crippen LogP contribution is 2.23. The number of rotatable bonds is 4. The number of hydrogen-bond donors (Lipinski definition) is 4. The maximum absolute atomic E-state index is 12.7. The largest absolute Gasteiger partial charge is 0.479 e. The number of ether oxygens (including phenoxy) is 2. The summed E-state index contributed by atoms with van der Waals surface area (Å²) in [7, 11) is 0. The Labute approximate surface area is 119 Å². The quantitative estimate of drug-likeness (QED) is 0.577. The standard InChI is InChI=1S/C13H15FO7/c14-7-3-1-6(2-4-7)5-20-13-10(17)8(15)9(16)11(21-13)12(18)19/h1-4,8-11,13,15-17H,5H2,(H,18,19)/t8-,9-,10+,11-,13+/m0/s1. The third-order valence-electron chi connectivity index (χ3n) is 3.14. The highest BCUT2D eigenvalue weighted by molar-refractivity contribution is 5.73. The zero-order valence-electron chi connectivity index (χ0n) is 10.8. The first-order chi connectivity index (χ1) is 9.90. The number of carbonyl (C=O) groups is 1. The van der Waals surface area contributed by atoms with E-state index in [0.717, 1.165) is 0 Å². The minimum absolute atomic E-state index is 0.0861. The summed E-state index contributed by atoms with van der Waals surface area (Å²) in [6, 6.07) is 5.33. The van der Waals surface area contributed by atoms with Gasteiger partial charge in [0.05, 0.1) is 6.61 Å². The van der Waals surface area contributed by atoms with Crippen molar-refractivity contribution in [2.45, 2.75) is 37.3 Å². The Hall–Kier alpha value is -1.58. The van der Waals surface area contributed by atoms with Crippen molar-refractivity contribution in [3.8, 4) is 0 Å². The molecule has 116 valence electrons. The molecule has 0 bridgehead atoms. The number of aliphatic carboxylic acids is 1. The molecule has 1 aliphatic heterocycles. The molecule has 0 unspecified atom stereocenters. The van der Waals surface area contributed by atoms with E-state index in [2.05, 4.69) is 0 Å². The molecular weight excluding hydrogens is 287 g/mol. The number of benzene rings is 1. The molecule has 1 aliphatic rings. The molecule has 0 saturated carbocycles. The van der Waals surface area contributed by atoms with Crippen LogP contribution in [0.25, 0.3) is 0 Å². The molecule has 1 fully saturated rings. The summed E-state index contributed by atoms with van der Waals surface area (Å²) in [6.07, 6.45) is -8.20. The van der Waals surface area contributed by atoms with Crippen LogP contribution in [0.2, 0.25) is 0 Å². The summed E-state index contributed by atoms with van der Waals surface area (Å²) < 4.78 is 22.9. The topological polar surface area (TPSA) is 116 Å². The number of carboxylic acids is 1. The highest BCUT2D eigenvalue weighted by atomic mass is 19.1. The Kier molecular flexibility index (Phi) is 4.86. The summed E-state index contributed by atoms with van der Waals surface area (Å²) >= 11 is 0. The Morgan fingerprint density at radius 1 is 1.14 bits per heavy atom. The third kappa shape index (κ3) is 3.55. The van der Waals surface area contributed by atoms with Gasteiger partial charge in [-0.3, -0.25) is 0 Å². The predicted molar refractivity (Wildman–Crippen MR) is 65.5 cm³/mol. The van der Waals surface area contributed by atoms with Crippen LogP contribution in [0.4, 0.5) is 4.39 Å². The Morgan fingerprint density at radius 3 is 2.33 bits per heavy atom. The zero-order valence-corrected chi connectivity index (χ0v) is 10.8. The van der Waals surface area contributed by atoms with Gasteiger partial charge in [0, 0.05) is 0 Å². The lowest BCUT2D eigenvalue weighted by atomic mass is 9.99. The molecule has 7 nitrogen and oxygen atoms in total. The molecule has 0 radical (unpaired) electrons. The minimum Gasteiger partial charge on any atom is -0.479 e. The molecule has 2 rings (SSSR count). The molecule has 21 heavy (non-hydrogen) atoms. The number of hydrogen-bond acceptors (Lipinski definition) is 6. The lowest BCUT2D eigenvalue weighted by Crippen LogP contribution is -2.60. The average Bonchev–Trinajstić information content (AvgIpc) is 2.45. The Morgan fingerprint density at radius 2 is 1.76 bits per heavy atom. The molecule has 0 amide bonds. The molecule has 1 heterocycles. The van der Waals surface area contributed by atoms with E-state index in [4.69, 9.17) is 14.6 Å². The second-order valence-corrected chi connectivity index (χ2v) is 4.67. The summed E-state index contributed by atoms with van der Waals surface area (Å²) in [6.45, 7) is -0.0861. The number of halogens is 1. The Bertz CT molecular complexity index is 492. The second-order valence-electron chi connectivity index (χ2n) is 4.67. The van der Waals surface area contributed by atoms with E-state index < -0.39 is 42.5 Å². The molecular formula is C13H15FO7. The normalized spacial score (nSPS) is 32.9. The van der Waals surface area contributed by atoms with Crippen LogP contribution in [-0.4, -0.2) is 57.1 Å². The van der Waals surface area contributed by atoms with Crippen molar-refractivity contribution in [1.29, 1.82) is 0 Å². The lowest BCUT2D eigenvalue weighted by Gasteiger charge is -2.38. The summed E-state index contributed by atoms with van der Waals surface area (Å²) in [5.41, 5.74) is 0.569. The van der Waals surface area contributed by atoms with E-state index in [-0.39, 0.29) is 6.61 Å². The monoisotopic (exact) mass is 302 g/mol. The van der Waals surface area contributed by atoms with E-state index in [0.29, 0.717) is 5.56 Å². The van der Waals surface area contributed by atoms with Gasteiger partial charge in [-0.2, -0.15) is 0 Å². The SMILES string of the molecule is O=C(O)[C@H]1O[C@@H](OCc2ccc(F)cc2)[C@H](O)[C@@H](O)[C@@H]1O. The van der Waals surface area contributed by atoms with E-state index in [1.807, 2.05) is 0 Å². The lowest BCUT2D eigenvalue weighted by molar-refractivity contribution is -0.297. The van der Waals surface area contributed by atoms with Crippen molar-refractivity contribution in [3.63, 3.8) is 0 Å². The molecule has 4 N–H and O–H groups in total. The van der Waals surface area contributed by atoms with Crippen LogP contribution in [0.15, 0.2) is 24.3 Å². The Balaban J connectivity index is 2.01. The first-order valence-corrected chi connectivity index (χ1v) is 6.18. The van der Waals surface area contributed by atoms with Crippen LogP contribution in [0, 0.1) is 5.82 Å². The van der Waals surface area contributed by atoms with Gasteiger partial charge in [0.15, 0.2) is 12.4 Å². The van der Waals surface area contributed by atoms with E-state index in [9.17, 15) is 24.5 Å². The van der Waals surface area contributed by atoms with Gasteiger partial charge in [0.25, 0.3) is 0 Å². The zero-order chi connectivity index (χ0) is 15.6. The molecule has 8 heteroatoms. The summed E-state index contributed by atoms with van der Waals surface area (Å²) in [5.74, 6) is -1.90. The highest BCUT2D eigenvalue weighted by Gasteiger charge is 2.47. The molecule has 0 spiro atoms. The molecule has 1 aromatic rings. The number of carboxylic acid groups (broad SMARTS) is 1. The van der Waals surface area contributed by atoms with E-state index in [1.54, 1.807) is 0 Å². The van der Waals surface area contributed by atoms with Crippen molar-refractivity contribution < 1.29 is 39.1 Å².